The van der Waals surface area contributed by atoms with Crippen LogP contribution in [0.15, 0.2) is 24.3 Å². The highest BCUT2D eigenvalue weighted by atomic mass is 16.3. The molecule has 2 atom stereocenters. The van der Waals surface area contributed by atoms with E-state index in [0.29, 0.717) is 17.7 Å². The molecule has 2 aliphatic heterocycles. The predicted molar refractivity (Wildman–Crippen MR) is 103 cm³/mol. The molecule has 1 aromatic carbocycles. The number of nitrogens with one attached hydrogen (secondary N) is 1. The third-order valence-electron chi connectivity index (χ3n) is 5.94. The van der Waals surface area contributed by atoms with E-state index in [1.165, 1.54) is 5.56 Å². The number of aromatic amines is 1. The highest BCUT2D eigenvalue weighted by Crippen LogP contribution is 2.26. The lowest BCUT2D eigenvalue weighted by Crippen LogP contribution is -2.47. The standard InChI is InChI=1S/C19H29N7O/c1-24-6-8-25(9-7-24)11-17-12-26(13-18(17)14-27)10-15-2-4-16(5-3-15)19-20-22-23-21-19/h2-5,17-18,27H,6-14H2,1H3,(H,20,21,22,23)/t17-,18-/m1/s1. The first-order chi connectivity index (χ1) is 13.2. The van der Waals surface area contributed by atoms with Crippen molar-refractivity contribution in [3.05, 3.63) is 29.8 Å². The molecule has 2 aliphatic rings. The summed E-state index contributed by atoms with van der Waals surface area (Å²) in [6, 6.07) is 8.35. The summed E-state index contributed by atoms with van der Waals surface area (Å²) in [5.74, 6) is 1.55. The van der Waals surface area contributed by atoms with Crippen molar-refractivity contribution in [2.75, 3.05) is 59.5 Å². The quantitative estimate of drug-likeness (QED) is 0.748. The molecule has 4 rings (SSSR count). The minimum absolute atomic E-state index is 0.283. The number of aromatic nitrogens is 4. The first kappa shape index (κ1) is 18.5. The van der Waals surface area contributed by atoms with E-state index in [4.69, 9.17) is 0 Å². The van der Waals surface area contributed by atoms with Crippen LogP contribution in [0.5, 0.6) is 0 Å². The van der Waals surface area contributed by atoms with E-state index in [1.807, 2.05) is 12.1 Å². The lowest BCUT2D eigenvalue weighted by molar-refractivity contribution is 0.116. The number of hydrogen-bond acceptors (Lipinski definition) is 7. The molecule has 0 radical (unpaired) electrons. The first-order valence-corrected chi connectivity index (χ1v) is 9.78. The average Bonchev–Trinajstić information content (AvgIpc) is 3.34. The van der Waals surface area contributed by atoms with Gasteiger partial charge in [0.15, 0.2) is 0 Å². The van der Waals surface area contributed by atoms with Crippen LogP contribution >= 0.6 is 0 Å². The number of rotatable bonds is 6. The van der Waals surface area contributed by atoms with Crippen LogP contribution in [0, 0.1) is 11.8 Å². The molecule has 2 N–H and O–H groups in total. The van der Waals surface area contributed by atoms with E-state index in [-0.39, 0.29) is 6.61 Å². The summed E-state index contributed by atoms with van der Waals surface area (Å²) in [5, 5.41) is 24.0. The summed E-state index contributed by atoms with van der Waals surface area (Å²) in [5.41, 5.74) is 2.24. The Morgan fingerprint density at radius 3 is 2.44 bits per heavy atom. The fourth-order valence-corrected chi connectivity index (χ4v) is 4.24. The number of aliphatic hydroxyl groups is 1. The molecule has 0 amide bonds. The van der Waals surface area contributed by atoms with Gasteiger partial charge in [0, 0.05) is 64.5 Å². The Kier molecular flexibility index (Phi) is 5.77. The van der Waals surface area contributed by atoms with E-state index in [9.17, 15) is 5.11 Å². The van der Waals surface area contributed by atoms with Gasteiger partial charge in [-0.05, 0) is 29.7 Å². The van der Waals surface area contributed by atoms with Crippen LogP contribution in [0.25, 0.3) is 11.4 Å². The van der Waals surface area contributed by atoms with Gasteiger partial charge in [0.2, 0.25) is 5.82 Å². The van der Waals surface area contributed by atoms with Crippen LogP contribution in [-0.4, -0.2) is 99.9 Å². The number of piperazine rings is 1. The summed E-state index contributed by atoms with van der Waals surface area (Å²) >= 11 is 0. The van der Waals surface area contributed by atoms with Crippen molar-refractivity contribution in [3.63, 3.8) is 0 Å². The zero-order valence-electron chi connectivity index (χ0n) is 16.0. The van der Waals surface area contributed by atoms with Gasteiger partial charge >= 0.3 is 0 Å². The average molecular weight is 371 g/mol. The Labute approximate surface area is 160 Å². The molecular formula is C19H29N7O. The molecule has 0 unspecified atom stereocenters. The van der Waals surface area contributed by atoms with Gasteiger partial charge in [-0.2, -0.15) is 5.21 Å². The Hall–Kier alpha value is -1.87. The number of aliphatic hydroxyl groups excluding tert-OH is 1. The summed E-state index contributed by atoms with van der Waals surface area (Å²) in [6.45, 7) is 8.91. The fraction of sp³-hybridized carbons (Fsp3) is 0.632. The molecule has 0 bridgehead atoms. The molecule has 2 saturated heterocycles. The Morgan fingerprint density at radius 2 is 1.78 bits per heavy atom. The molecule has 2 aromatic rings. The van der Waals surface area contributed by atoms with Gasteiger partial charge in [-0.3, -0.25) is 4.90 Å². The van der Waals surface area contributed by atoms with Gasteiger partial charge in [-0.25, -0.2) is 0 Å². The van der Waals surface area contributed by atoms with E-state index in [2.05, 4.69) is 54.5 Å². The van der Waals surface area contributed by atoms with Gasteiger partial charge in [0.05, 0.1) is 0 Å². The van der Waals surface area contributed by atoms with Crippen molar-refractivity contribution >= 4 is 0 Å². The van der Waals surface area contributed by atoms with Crippen LogP contribution in [0.4, 0.5) is 0 Å². The second-order valence-electron chi connectivity index (χ2n) is 7.93. The number of tetrazole rings is 1. The van der Waals surface area contributed by atoms with Crippen molar-refractivity contribution in [2.24, 2.45) is 11.8 Å². The van der Waals surface area contributed by atoms with Gasteiger partial charge < -0.3 is 14.9 Å². The largest absolute Gasteiger partial charge is 0.396 e. The molecule has 27 heavy (non-hydrogen) atoms. The topological polar surface area (TPSA) is 84.4 Å². The SMILES string of the molecule is CN1CCN(C[C@@H]2CN(Cc3ccc(-c4nn[nH]n4)cc3)C[C@@H]2CO)CC1. The number of H-pyrrole nitrogens is 1. The van der Waals surface area contributed by atoms with E-state index >= 15 is 0 Å². The lowest BCUT2D eigenvalue weighted by atomic mass is 9.96. The molecule has 0 spiro atoms. The van der Waals surface area contributed by atoms with Crippen molar-refractivity contribution in [1.29, 1.82) is 0 Å². The van der Waals surface area contributed by atoms with Crippen molar-refractivity contribution in [3.8, 4) is 11.4 Å². The van der Waals surface area contributed by atoms with Crippen molar-refractivity contribution in [1.82, 2.24) is 35.3 Å². The molecule has 8 nitrogen and oxygen atoms in total. The normalized spacial score (nSPS) is 25.3. The third-order valence-corrected chi connectivity index (χ3v) is 5.94. The summed E-state index contributed by atoms with van der Waals surface area (Å²) in [4.78, 5) is 7.43. The Bertz CT molecular complexity index is 697. The Balaban J connectivity index is 1.33. The predicted octanol–water partition coefficient (Wildman–Crippen LogP) is 0.154. The van der Waals surface area contributed by atoms with Crippen LogP contribution in [0.1, 0.15) is 5.56 Å². The van der Waals surface area contributed by atoms with Crippen molar-refractivity contribution in [2.45, 2.75) is 6.54 Å². The summed E-state index contributed by atoms with van der Waals surface area (Å²) in [6.07, 6.45) is 0. The van der Waals surface area contributed by atoms with Crippen molar-refractivity contribution < 1.29 is 5.11 Å². The number of nitrogens with zero attached hydrogens (tertiary/aromatic N) is 6. The molecule has 3 heterocycles. The number of likely N-dealkylation sites (tertiary alicyclic amines) is 1. The lowest BCUT2D eigenvalue weighted by Gasteiger charge is -2.34. The second-order valence-corrected chi connectivity index (χ2v) is 7.93. The monoisotopic (exact) mass is 371 g/mol. The van der Waals surface area contributed by atoms with Gasteiger partial charge in [0.1, 0.15) is 0 Å². The van der Waals surface area contributed by atoms with E-state index < -0.39 is 0 Å². The maximum absolute atomic E-state index is 9.86. The maximum atomic E-state index is 9.86. The minimum atomic E-state index is 0.283. The second kappa shape index (κ2) is 8.43. The Morgan fingerprint density at radius 1 is 1.04 bits per heavy atom. The zero-order chi connectivity index (χ0) is 18.6. The number of likely N-dealkylation sites (N-methyl/N-ethyl adjacent to an activating group) is 1. The summed E-state index contributed by atoms with van der Waals surface area (Å²) < 4.78 is 0. The van der Waals surface area contributed by atoms with Gasteiger partial charge in [0.25, 0.3) is 0 Å². The van der Waals surface area contributed by atoms with Crippen LogP contribution in [0.2, 0.25) is 0 Å². The third kappa shape index (κ3) is 4.52. The highest BCUT2D eigenvalue weighted by Gasteiger charge is 2.33. The molecular weight excluding hydrogens is 342 g/mol. The van der Waals surface area contributed by atoms with Crippen LogP contribution in [0.3, 0.4) is 0 Å². The van der Waals surface area contributed by atoms with Crippen LogP contribution < -0.4 is 0 Å². The van der Waals surface area contributed by atoms with Gasteiger partial charge in [-0.15, -0.1) is 10.2 Å². The minimum Gasteiger partial charge on any atom is -0.396 e. The van der Waals surface area contributed by atoms with E-state index in [1.54, 1.807) is 0 Å². The molecule has 0 aliphatic carbocycles. The maximum Gasteiger partial charge on any atom is 0.204 e. The fourth-order valence-electron chi connectivity index (χ4n) is 4.24. The number of hydrogen-bond donors (Lipinski definition) is 2. The van der Waals surface area contributed by atoms with Crippen LogP contribution in [-0.2, 0) is 6.54 Å². The molecule has 0 saturated carbocycles. The van der Waals surface area contributed by atoms with Gasteiger partial charge in [-0.1, -0.05) is 24.3 Å². The molecule has 2 fully saturated rings. The molecule has 8 heteroatoms. The summed E-state index contributed by atoms with van der Waals surface area (Å²) in [7, 11) is 2.19. The number of benzene rings is 1. The highest BCUT2D eigenvalue weighted by molar-refractivity contribution is 5.54. The molecule has 1 aromatic heterocycles. The zero-order valence-corrected chi connectivity index (χ0v) is 16.0. The molecule has 146 valence electrons. The smallest absolute Gasteiger partial charge is 0.204 e. The first-order valence-electron chi connectivity index (χ1n) is 9.78. The van der Waals surface area contributed by atoms with E-state index in [0.717, 1.165) is 57.9 Å².